The molecule has 1 saturated heterocycles. The maximum Gasteiger partial charge on any atom is 0.274 e. The molecule has 0 bridgehead atoms. The highest BCUT2D eigenvalue weighted by molar-refractivity contribution is 5.94. The van der Waals surface area contributed by atoms with Crippen molar-refractivity contribution in [2.24, 2.45) is 0 Å². The molecule has 26 heavy (non-hydrogen) atoms. The number of hydrogen-bond acceptors (Lipinski definition) is 4. The first-order valence-corrected chi connectivity index (χ1v) is 9.30. The number of hydrogen-bond donors (Lipinski definition) is 3. The Morgan fingerprint density at radius 2 is 2.04 bits per heavy atom. The van der Waals surface area contributed by atoms with Gasteiger partial charge in [0.05, 0.1) is 11.0 Å². The summed E-state index contributed by atoms with van der Waals surface area (Å²) >= 11 is 0. The predicted molar refractivity (Wildman–Crippen MR) is 98.0 cm³/mol. The highest BCUT2D eigenvalue weighted by Gasteiger charge is 2.30. The van der Waals surface area contributed by atoms with E-state index >= 15 is 0 Å². The molecule has 0 atom stereocenters. The molecule has 1 amide bonds. The monoisotopic (exact) mass is 350 g/mol. The Balaban J connectivity index is 1.29. The molecule has 2 aliphatic rings. The number of carbonyl (C=O) groups excluding carboxylic acids is 1. The minimum absolute atomic E-state index is 0.0502. The van der Waals surface area contributed by atoms with Crippen molar-refractivity contribution in [2.45, 2.75) is 31.7 Å². The lowest BCUT2D eigenvalue weighted by Gasteiger charge is -2.31. The number of piperidine rings is 1. The van der Waals surface area contributed by atoms with Crippen LogP contribution in [0.1, 0.15) is 46.3 Å². The molecule has 4 heterocycles. The van der Waals surface area contributed by atoms with Crippen LogP contribution < -0.4 is 5.32 Å². The molecule has 0 unspecified atom stereocenters. The van der Waals surface area contributed by atoms with Crippen LogP contribution in [0, 0.1) is 0 Å². The largest absolute Gasteiger partial charge is 0.342 e. The molecule has 1 fully saturated rings. The standard InChI is InChI=1S/C19H22N6O/c26-19(17-13-11-20-8-5-14(13)23-24-17)25-9-6-12(7-10-25)18-21-15-3-1-2-4-16(15)22-18/h1-4,12,20H,5-11H2,(H,21,22)(H,23,24). The van der Waals surface area contributed by atoms with Gasteiger partial charge in [-0.05, 0) is 25.0 Å². The van der Waals surface area contributed by atoms with Crippen molar-refractivity contribution >= 4 is 16.9 Å². The summed E-state index contributed by atoms with van der Waals surface area (Å²) in [6, 6.07) is 8.11. The van der Waals surface area contributed by atoms with Gasteiger partial charge in [0.15, 0.2) is 5.69 Å². The second-order valence-electron chi connectivity index (χ2n) is 7.16. The van der Waals surface area contributed by atoms with Gasteiger partial charge in [0.2, 0.25) is 0 Å². The number of nitrogens with zero attached hydrogens (tertiary/aromatic N) is 3. The summed E-state index contributed by atoms with van der Waals surface area (Å²) < 4.78 is 0. The SMILES string of the molecule is O=C(c1n[nH]c2c1CNCC2)N1CCC(c2nc3ccccc3[nH]2)CC1. The zero-order valence-electron chi connectivity index (χ0n) is 14.6. The quantitative estimate of drug-likeness (QED) is 0.659. The van der Waals surface area contributed by atoms with E-state index < -0.39 is 0 Å². The first kappa shape index (κ1) is 15.6. The second-order valence-corrected chi connectivity index (χ2v) is 7.16. The van der Waals surface area contributed by atoms with Gasteiger partial charge in [0.1, 0.15) is 5.82 Å². The van der Waals surface area contributed by atoms with Crippen molar-refractivity contribution in [3.8, 4) is 0 Å². The number of aromatic amines is 2. The molecule has 7 heteroatoms. The summed E-state index contributed by atoms with van der Waals surface area (Å²) in [5.74, 6) is 1.47. The van der Waals surface area contributed by atoms with Gasteiger partial charge in [-0.25, -0.2) is 4.98 Å². The third-order valence-corrected chi connectivity index (χ3v) is 5.59. The van der Waals surface area contributed by atoms with E-state index in [-0.39, 0.29) is 5.91 Å². The first-order chi connectivity index (χ1) is 12.8. The van der Waals surface area contributed by atoms with Crippen molar-refractivity contribution in [1.82, 2.24) is 30.4 Å². The molecule has 2 aromatic heterocycles. The van der Waals surface area contributed by atoms with Gasteiger partial charge in [-0.1, -0.05) is 12.1 Å². The lowest BCUT2D eigenvalue weighted by atomic mass is 9.95. The number of rotatable bonds is 2. The van der Waals surface area contributed by atoms with Crippen molar-refractivity contribution in [3.05, 3.63) is 47.0 Å². The first-order valence-electron chi connectivity index (χ1n) is 9.30. The number of fused-ring (bicyclic) bond motifs is 2. The van der Waals surface area contributed by atoms with Crippen LogP contribution in [-0.2, 0) is 13.0 Å². The molecular formula is C19H22N6O. The maximum atomic E-state index is 12.9. The van der Waals surface area contributed by atoms with Crippen molar-refractivity contribution in [1.29, 1.82) is 0 Å². The van der Waals surface area contributed by atoms with Crippen LogP contribution in [0.2, 0.25) is 0 Å². The van der Waals surface area contributed by atoms with Gasteiger partial charge >= 0.3 is 0 Å². The smallest absolute Gasteiger partial charge is 0.274 e. The van der Waals surface area contributed by atoms with Gasteiger partial charge in [-0.15, -0.1) is 0 Å². The molecule has 5 rings (SSSR count). The van der Waals surface area contributed by atoms with E-state index in [1.54, 1.807) is 0 Å². The second kappa shape index (κ2) is 6.25. The molecule has 0 aliphatic carbocycles. The van der Waals surface area contributed by atoms with Gasteiger partial charge in [0.25, 0.3) is 5.91 Å². The molecule has 7 nitrogen and oxygen atoms in total. The molecule has 3 aromatic rings. The summed E-state index contributed by atoms with van der Waals surface area (Å²) in [6.45, 7) is 3.15. The van der Waals surface area contributed by atoms with Gasteiger partial charge < -0.3 is 15.2 Å². The molecule has 0 spiro atoms. The topological polar surface area (TPSA) is 89.7 Å². The Bertz CT molecular complexity index is 917. The Labute approximate surface area is 151 Å². The minimum Gasteiger partial charge on any atom is -0.342 e. The van der Waals surface area contributed by atoms with Crippen molar-refractivity contribution in [3.63, 3.8) is 0 Å². The van der Waals surface area contributed by atoms with E-state index in [0.29, 0.717) is 11.6 Å². The normalized spacial score (nSPS) is 18.2. The number of amides is 1. The predicted octanol–water partition coefficient (Wildman–Crippen LogP) is 1.95. The average Bonchev–Trinajstić information content (AvgIpc) is 3.32. The molecular weight excluding hydrogens is 328 g/mol. The van der Waals surface area contributed by atoms with Crippen molar-refractivity contribution < 1.29 is 4.79 Å². The Hall–Kier alpha value is -2.67. The lowest BCUT2D eigenvalue weighted by Crippen LogP contribution is -2.39. The summed E-state index contributed by atoms with van der Waals surface area (Å²) in [7, 11) is 0. The van der Waals surface area contributed by atoms with Crippen LogP contribution in [0.25, 0.3) is 11.0 Å². The molecule has 0 radical (unpaired) electrons. The lowest BCUT2D eigenvalue weighted by molar-refractivity contribution is 0.0704. The van der Waals surface area contributed by atoms with Crippen LogP contribution in [0.3, 0.4) is 0 Å². The zero-order chi connectivity index (χ0) is 17.5. The Morgan fingerprint density at radius 3 is 2.88 bits per heavy atom. The number of imidazole rings is 1. The van der Waals surface area contributed by atoms with Gasteiger partial charge in [0, 0.05) is 49.8 Å². The molecule has 1 aromatic carbocycles. The van der Waals surface area contributed by atoms with Crippen LogP contribution in [0.5, 0.6) is 0 Å². The van der Waals surface area contributed by atoms with E-state index in [1.807, 2.05) is 23.1 Å². The van der Waals surface area contributed by atoms with Crippen LogP contribution >= 0.6 is 0 Å². The maximum absolute atomic E-state index is 12.9. The number of carbonyl (C=O) groups is 1. The third kappa shape index (κ3) is 2.59. The Kier molecular flexibility index (Phi) is 3.74. The van der Waals surface area contributed by atoms with E-state index in [0.717, 1.165) is 73.6 Å². The Morgan fingerprint density at radius 1 is 1.19 bits per heavy atom. The molecule has 134 valence electrons. The van der Waals surface area contributed by atoms with E-state index in [2.05, 4.69) is 26.6 Å². The summed E-state index contributed by atoms with van der Waals surface area (Å²) in [6.07, 6.45) is 2.76. The highest BCUT2D eigenvalue weighted by Crippen LogP contribution is 2.29. The summed E-state index contributed by atoms with van der Waals surface area (Å²) in [4.78, 5) is 23.0. The van der Waals surface area contributed by atoms with Gasteiger partial charge in [-0.2, -0.15) is 5.10 Å². The van der Waals surface area contributed by atoms with Crippen LogP contribution in [-0.4, -0.2) is 50.6 Å². The van der Waals surface area contributed by atoms with E-state index in [4.69, 9.17) is 4.98 Å². The highest BCUT2D eigenvalue weighted by atomic mass is 16.2. The number of likely N-dealkylation sites (tertiary alicyclic amines) is 1. The number of aromatic nitrogens is 4. The molecule has 2 aliphatic heterocycles. The third-order valence-electron chi connectivity index (χ3n) is 5.59. The number of nitrogens with one attached hydrogen (secondary N) is 3. The van der Waals surface area contributed by atoms with Crippen molar-refractivity contribution in [2.75, 3.05) is 19.6 Å². The zero-order valence-corrected chi connectivity index (χ0v) is 14.6. The summed E-state index contributed by atoms with van der Waals surface area (Å²) in [5.41, 5.74) is 4.83. The number of para-hydroxylation sites is 2. The van der Waals surface area contributed by atoms with E-state index in [1.165, 1.54) is 0 Å². The summed E-state index contributed by atoms with van der Waals surface area (Å²) in [5, 5.41) is 10.7. The molecule has 0 saturated carbocycles. The fraction of sp³-hybridized carbons (Fsp3) is 0.421. The average molecular weight is 350 g/mol. The minimum atomic E-state index is 0.0502. The fourth-order valence-corrected chi connectivity index (χ4v) is 4.07. The number of H-pyrrole nitrogens is 2. The number of benzene rings is 1. The van der Waals surface area contributed by atoms with Crippen LogP contribution in [0.4, 0.5) is 0 Å². The molecule has 3 N–H and O–H groups in total. The fourth-order valence-electron chi connectivity index (χ4n) is 4.07. The van der Waals surface area contributed by atoms with Gasteiger partial charge in [-0.3, -0.25) is 9.89 Å². The van der Waals surface area contributed by atoms with Crippen LogP contribution in [0.15, 0.2) is 24.3 Å². The van der Waals surface area contributed by atoms with E-state index in [9.17, 15) is 4.79 Å².